The first kappa shape index (κ1) is 22.3. The van der Waals surface area contributed by atoms with Gasteiger partial charge in [0.15, 0.2) is 0 Å². The Labute approximate surface area is 192 Å². The number of benzene rings is 3. The highest BCUT2D eigenvalue weighted by molar-refractivity contribution is 7.92. The maximum atomic E-state index is 12.4. The van der Waals surface area contributed by atoms with Crippen molar-refractivity contribution < 1.29 is 22.7 Å². The van der Waals surface area contributed by atoms with Crippen LogP contribution in [0.15, 0.2) is 72.8 Å². The van der Waals surface area contributed by atoms with Crippen LogP contribution in [0.3, 0.4) is 0 Å². The van der Waals surface area contributed by atoms with E-state index < -0.39 is 16.1 Å². The fraction of sp³-hybridized carbons (Fsp3) is 0.167. The summed E-state index contributed by atoms with van der Waals surface area (Å²) in [5, 5.41) is 2.61. The predicted molar refractivity (Wildman–Crippen MR) is 124 cm³/mol. The largest absolute Gasteiger partial charge is 0.487 e. The van der Waals surface area contributed by atoms with Crippen molar-refractivity contribution in [1.82, 2.24) is 10.0 Å². The Morgan fingerprint density at radius 2 is 1.73 bits per heavy atom. The smallest absolute Gasteiger partial charge is 0.326 e. The molecule has 3 aromatic rings. The lowest BCUT2D eigenvalue weighted by Crippen LogP contribution is -2.29. The van der Waals surface area contributed by atoms with Crippen molar-refractivity contribution in [2.45, 2.75) is 13.0 Å². The Hall–Kier alpha value is -3.85. The molecule has 0 aliphatic carbocycles. The Balaban J connectivity index is 1.65. The molecule has 4 rings (SSSR count). The molecule has 0 spiro atoms. The van der Waals surface area contributed by atoms with Gasteiger partial charge in [0.1, 0.15) is 18.9 Å². The van der Waals surface area contributed by atoms with E-state index in [0.29, 0.717) is 17.7 Å². The van der Waals surface area contributed by atoms with Crippen molar-refractivity contribution in [3.05, 3.63) is 95.1 Å². The summed E-state index contributed by atoms with van der Waals surface area (Å²) in [5.74, 6) is -0.423. The minimum atomic E-state index is -3.98. The van der Waals surface area contributed by atoms with Gasteiger partial charge in [0.2, 0.25) is 0 Å². The van der Waals surface area contributed by atoms with E-state index >= 15 is 0 Å². The third-order valence-electron chi connectivity index (χ3n) is 5.17. The van der Waals surface area contributed by atoms with Crippen LogP contribution in [0.2, 0.25) is 0 Å². The third kappa shape index (κ3) is 5.15. The molecule has 0 atom stereocenters. The minimum Gasteiger partial charge on any atom is -0.487 e. The molecule has 33 heavy (non-hydrogen) atoms. The quantitative estimate of drug-likeness (QED) is 0.558. The Morgan fingerprint density at radius 1 is 1.00 bits per heavy atom. The van der Waals surface area contributed by atoms with Crippen LogP contribution >= 0.6 is 0 Å². The summed E-state index contributed by atoms with van der Waals surface area (Å²) in [5.41, 5.74) is 3.55. The lowest BCUT2D eigenvalue weighted by atomic mass is 10.0. The SMILES string of the molecule is CNC(=O)c1cccc(Cc2ccc(N3CC(=O)NS3(=O)=O)c(OCc3ccccc3)c2)c1. The molecule has 2 N–H and O–H groups in total. The molecule has 1 aliphatic rings. The number of nitrogens with one attached hydrogen (secondary N) is 2. The van der Waals surface area contributed by atoms with Gasteiger partial charge in [0.25, 0.3) is 11.8 Å². The number of anilines is 1. The van der Waals surface area contributed by atoms with E-state index in [1.165, 1.54) is 0 Å². The zero-order valence-corrected chi connectivity index (χ0v) is 18.8. The van der Waals surface area contributed by atoms with E-state index in [4.69, 9.17) is 4.74 Å². The predicted octanol–water partition coefficient (Wildman–Crippen LogP) is 2.40. The first-order chi connectivity index (χ1) is 15.9. The maximum Gasteiger partial charge on any atom is 0.326 e. The van der Waals surface area contributed by atoms with Crippen LogP contribution in [0.1, 0.15) is 27.0 Å². The van der Waals surface area contributed by atoms with Crippen LogP contribution < -0.4 is 19.1 Å². The standard InChI is InChI=1S/C24H23N3O5S/c1-25-24(29)20-9-5-8-18(13-20)12-19-10-11-21(27-15-23(28)26-33(27,30)31)22(14-19)32-16-17-6-3-2-4-7-17/h2-11,13-14H,12,15-16H2,1H3,(H,25,29)(H,26,28). The normalized spacial score (nSPS) is 14.6. The van der Waals surface area contributed by atoms with Gasteiger partial charge in [0.05, 0.1) is 5.69 Å². The highest BCUT2D eigenvalue weighted by Gasteiger charge is 2.35. The van der Waals surface area contributed by atoms with Gasteiger partial charge < -0.3 is 10.1 Å². The summed E-state index contributed by atoms with van der Waals surface area (Å²) < 4.78 is 33.8. The number of hydrogen-bond donors (Lipinski definition) is 2. The number of amides is 2. The van der Waals surface area contributed by atoms with Crippen molar-refractivity contribution in [3.8, 4) is 5.75 Å². The van der Waals surface area contributed by atoms with E-state index in [2.05, 4.69) is 5.32 Å². The number of carbonyl (C=O) groups is 2. The summed E-state index contributed by atoms with van der Waals surface area (Å²) in [4.78, 5) is 23.7. The van der Waals surface area contributed by atoms with Crippen molar-refractivity contribution >= 4 is 27.7 Å². The van der Waals surface area contributed by atoms with Gasteiger partial charge in [-0.2, -0.15) is 8.42 Å². The number of carbonyl (C=O) groups excluding carboxylic acids is 2. The van der Waals surface area contributed by atoms with Gasteiger partial charge in [-0.25, -0.2) is 9.03 Å². The highest BCUT2D eigenvalue weighted by atomic mass is 32.2. The summed E-state index contributed by atoms with van der Waals surface area (Å²) in [6.45, 7) is -0.0732. The van der Waals surface area contributed by atoms with E-state index in [-0.39, 0.29) is 24.7 Å². The zero-order valence-electron chi connectivity index (χ0n) is 17.9. The number of nitrogens with zero attached hydrogens (tertiary/aromatic N) is 1. The molecule has 3 aromatic carbocycles. The molecular formula is C24H23N3O5S. The van der Waals surface area contributed by atoms with E-state index in [9.17, 15) is 18.0 Å². The monoisotopic (exact) mass is 465 g/mol. The number of rotatable bonds is 7. The Morgan fingerprint density at radius 3 is 2.42 bits per heavy atom. The average molecular weight is 466 g/mol. The Bertz CT molecular complexity index is 1290. The molecule has 1 saturated heterocycles. The van der Waals surface area contributed by atoms with Gasteiger partial charge in [-0.1, -0.05) is 48.5 Å². The van der Waals surface area contributed by atoms with E-state index in [1.807, 2.05) is 53.3 Å². The number of hydrogen-bond acceptors (Lipinski definition) is 5. The maximum absolute atomic E-state index is 12.4. The molecule has 0 bridgehead atoms. The molecule has 0 radical (unpaired) electrons. The first-order valence-electron chi connectivity index (χ1n) is 10.3. The van der Waals surface area contributed by atoms with Crippen LogP contribution in [0.4, 0.5) is 5.69 Å². The third-order valence-corrected chi connectivity index (χ3v) is 6.57. The summed E-state index contributed by atoms with van der Waals surface area (Å²) in [6.07, 6.45) is 0.511. The first-order valence-corrected chi connectivity index (χ1v) is 11.7. The van der Waals surface area contributed by atoms with Crippen LogP contribution in [-0.2, 0) is 28.0 Å². The molecule has 0 aromatic heterocycles. The van der Waals surface area contributed by atoms with E-state index in [1.54, 1.807) is 31.3 Å². The van der Waals surface area contributed by atoms with Crippen LogP contribution in [-0.4, -0.2) is 33.8 Å². The van der Waals surface area contributed by atoms with Gasteiger partial charge in [-0.3, -0.25) is 9.59 Å². The van der Waals surface area contributed by atoms with Crippen molar-refractivity contribution in [2.75, 3.05) is 17.9 Å². The van der Waals surface area contributed by atoms with Crippen molar-refractivity contribution in [3.63, 3.8) is 0 Å². The van der Waals surface area contributed by atoms with Gasteiger partial charge in [0, 0.05) is 12.6 Å². The number of ether oxygens (including phenoxy) is 1. The molecule has 0 saturated carbocycles. The molecule has 0 unspecified atom stereocenters. The van der Waals surface area contributed by atoms with Crippen LogP contribution in [0, 0.1) is 0 Å². The minimum absolute atomic E-state index is 0.171. The summed E-state index contributed by atoms with van der Waals surface area (Å²) >= 11 is 0. The lowest BCUT2D eigenvalue weighted by Gasteiger charge is -2.20. The molecular weight excluding hydrogens is 442 g/mol. The van der Waals surface area contributed by atoms with Gasteiger partial charge in [-0.05, 0) is 47.4 Å². The second-order valence-electron chi connectivity index (χ2n) is 7.57. The van der Waals surface area contributed by atoms with Crippen LogP contribution in [0.25, 0.3) is 0 Å². The summed E-state index contributed by atoms with van der Waals surface area (Å²) in [6, 6.07) is 22.0. The fourth-order valence-corrected chi connectivity index (χ4v) is 4.75. The molecule has 1 aliphatic heterocycles. The lowest BCUT2D eigenvalue weighted by molar-refractivity contribution is -0.117. The molecule has 1 fully saturated rings. The van der Waals surface area contributed by atoms with Crippen molar-refractivity contribution in [1.29, 1.82) is 0 Å². The van der Waals surface area contributed by atoms with Crippen LogP contribution in [0.5, 0.6) is 5.75 Å². The molecule has 8 nitrogen and oxygen atoms in total. The Kier molecular flexibility index (Phi) is 6.32. The molecule has 1 heterocycles. The average Bonchev–Trinajstić information content (AvgIpc) is 3.09. The molecule has 9 heteroatoms. The van der Waals surface area contributed by atoms with Gasteiger partial charge >= 0.3 is 10.2 Å². The summed E-state index contributed by atoms with van der Waals surface area (Å²) in [7, 11) is -2.40. The zero-order chi connectivity index (χ0) is 23.4. The second-order valence-corrected chi connectivity index (χ2v) is 9.16. The topological polar surface area (TPSA) is 105 Å². The molecule has 2 amide bonds. The fourth-order valence-electron chi connectivity index (χ4n) is 3.59. The highest BCUT2D eigenvalue weighted by Crippen LogP contribution is 2.34. The second kappa shape index (κ2) is 9.33. The van der Waals surface area contributed by atoms with Crippen molar-refractivity contribution in [2.24, 2.45) is 0 Å². The molecule has 170 valence electrons. The van der Waals surface area contributed by atoms with Gasteiger partial charge in [-0.15, -0.1) is 0 Å². The van der Waals surface area contributed by atoms with E-state index in [0.717, 1.165) is 21.0 Å².